The summed E-state index contributed by atoms with van der Waals surface area (Å²) in [5, 5.41) is 7.08. The van der Waals surface area contributed by atoms with Gasteiger partial charge in [0, 0.05) is 29.9 Å². The SMILES string of the molecule is C#C.C/C=C\C(=C/C)c1cc(C)[nH]n1.C=C(C=N/C(=C\C)C(CCC)CC(C)=O)C(F)(F)F. The maximum Gasteiger partial charge on any atom is 0.417 e. The predicted molar refractivity (Wildman–Crippen MR) is 133 cm³/mol. The van der Waals surface area contributed by atoms with Gasteiger partial charge < -0.3 is 4.79 Å². The molecule has 7 heteroatoms. The Balaban J connectivity index is 0. The molecule has 182 valence electrons. The molecule has 0 aliphatic carbocycles. The van der Waals surface area contributed by atoms with Crippen LogP contribution >= 0.6 is 0 Å². The zero-order chi connectivity index (χ0) is 26.0. The largest absolute Gasteiger partial charge is 0.417 e. The van der Waals surface area contributed by atoms with E-state index in [1.165, 1.54) is 6.92 Å². The number of aryl methyl sites for hydroxylation is 1. The maximum absolute atomic E-state index is 12.3. The molecule has 1 heterocycles. The van der Waals surface area contributed by atoms with Crippen LogP contribution in [0.2, 0.25) is 0 Å². The van der Waals surface area contributed by atoms with Crippen LogP contribution in [0.15, 0.2) is 53.2 Å². The number of aromatic amines is 1. The number of carbonyl (C=O) groups excluding carboxylic acids is 1. The Labute approximate surface area is 196 Å². The fourth-order valence-corrected chi connectivity index (χ4v) is 2.77. The number of ketones is 1. The third-order valence-electron chi connectivity index (χ3n) is 4.28. The Morgan fingerprint density at radius 1 is 1.27 bits per heavy atom. The maximum atomic E-state index is 12.3. The Hall–Kier alpha value is -3.14. The van der Waals surface area contributed by atoms with Crippen molar-refractivity contribution in [3.8, 4) is 12.8 Å². The Bertz CT molecular complexity index is 869. The van der Waals surface area contributed by atoms with Crippen LogP contribution in [0.25, 0.3) is 5.57 Å². The molecule has 0 radical (unpaired) electrons. The van der Waals surface area contributed by atoms with Gasteiger partial charge in [0.25, 0.3) is 0 Å². The first-order valence-corrected chi connectivity index (χ1v) is 10.6. The van der Waals surface area contributed by atoms with Crippen molar-refractivity contribution in [1.29, 1.82) is 0 Å². The quantitative estimate of drug-likeness (QED) is 0.235. The van der Waals surface area contributed by atoms with Gasteiger partial charge >= 0.3 is 6.18 Å². The summed E-state index contributed by atoms with van der Waals surface area (Å²) in [4.78, 5) is 15.0. The van der Waals surface area contributed by atoms with Crippen molar-refractivity contribution in [3.05, 3.63) is 59.6 Å². The van der Waals surface area contributed by atoms with Gasteiger partial charge in [0.05, 0.1) is 11.3 Å². The number of carbonyl (C=O) groups is 1. The second-order valence-corrected chi connectivity index (χ2v) is 7.07. The molecule has 1 atom stereocenters. The van der Waals surface area contributed by atoms with Gasteiger partial charge in [0.15, 0.2) is 0 Å². The lowest BCUT2D eigenvalue weighted by atomic mass is 9.94. The van der Waals surface area contributed by atoms with E-state index in [4.69, 9.17) is 0 Å². The summed E-state index contributed by atoms with van der Waals surface area (Å²) < 4.78 is 36.9. The highest BCUT2D eigenvalue weighted by Crippen LogP contribution is 2.25. The molecule has 0 amide bonds. The average Bonchev–Trinajstić information content (AvgIpc) is 3.19. The summed E-state index contributed by atoms with van der Waals surface area (Å²) in [7, 11) is 0. The van der Waals surface area contributed by atoms with Gasteiger partial charge in [-0.15, -0.1) is 12.8 Å². The number of rotatable bonds is 9. The molecule has 1 unspecified atom stereocenters. The first-order valence-electron chi connectivity index (χ1n) is 10.6. The Morgan fingerprint density at radius 2 is 1.88 bits per heavy atom. The summed E-state index contributed by atoms with van der Waals surface area (Å²) in [6.45, 7) is 14.1. The molecule has 0 saturated carbocycles. The number of halogens is 3. The molecule has 0 fully saturated rings. The lowest BCUT2D eigenvalue weighted by Crippen LogP contribution is -2.13. The van der Waals surface area contributed by atoms with Crippen LogP contribution < -0.4 is 0 Å². The highest BCUT2D eigenvalue weighted by molar-refractivity contribution is 5.80. The number of aromatic nitrogens is 2. The van der Waals surface area contributed by atoms with E-state index in [-0.39, 0.29) is 11.7 Å². The van der Waals surface area contributed by atoms with Crippen LogP contribution in [0.4, 0.5) is 13.2 Å². The number of aliphatic imine (C=N–C) groups is 1. The molecule has 1 rings (SSSR count). The average molecular weight is 464 g/mol. The van der Waals surface area contributed by atoms with E-state index >= 15 is 0 Å². The summed E-state index contributed by atoms with van der Waals surface area (Å²) >= 11 is 0. The summed E-state index contributed by atoms with van der Waals surface area (Å²) in [5.74, 6) is -0.132. The topological polar surface area (TPSA) is 58.1 Å². The number of nitrogens with zero attached hydrogens (tertiary/aromatic N) is 2. The molecule has 0 aliphatic rings. The molecule has 1 N–H and O–H groups in total. The monoisotopic (exact) mass is 463 g/mol. The van der Waals surface area contributed by atoms with Crippen LogP contribution in [-0.4, -0.2) is 28.4 Å². The fraction of sp³-hybridized carbons (Fsp3) is 0.423. The molecule has 1 aromatic rings. The molecule has 4 nitrogen and oxygen atoms in total. The van der Waals surface area contributed by atoms with Crippen molar-refractivity contribution in [2.75, 3.05) is 0 Å². The van der Waals surface area contributed by atoms with E-state index in [9.17, 15) is 18.0 Å². The number of Topliss-reactive ketones (excluding diaryl/α,β-unsaturated/α-hetero) is 1. The number of hydrogen-bond donors (Lipinski definition) is 1. The van der Waals surface area contributed by atoms with Crippen molar-refractivity contribution in [2.24, 2.45) is 10.9 Å². The molecule has 0 saturated heterocycles. The lowest BCUT2D eigenvalue weighted by Gasteiger charge is -2.15. The first-order chi connectivity index (χ1) is 15.5. The van der Waals surface area contributed by atoms with Gasteiger partial charge in [0.1, 0.15) is 5.78 Å². The zero-order valence-electron chi connectivity index (χ0n) is 20.5. The van der Waals surface area contributed by atoms with E-state index in [2.05, 4.69) is 46.8 Å². The number of alkyl halides is 3. The number of hydrogen-bond acceptors (Lipinski definition) is 3. The van der Waals surface area contributed by atoms with Gasteiger partial charge in [-0.3, -0.25) is 10.1 Å². The zero-order valence-corrected chi connectivity index (χ0v) is 20.5. The van der Waals surface area contributed by atoms with Crippen LogP contribution in [0.1, 0.15) is 65.3 Å². The second-order valence-electron chi connectivity index (χ2n) is 7.07. The highest BCUT2D eigenvalue weighted by atomic mass is 19.4. The molecule has 0 bridgehead atoms. The predicted octanol–water partition coefficient (Wildman–Crippen LogP) is 7.42. The Kier molecular flexibility index (Phi) is 16.9. The number of allylic oxidation sites excluding steroid dienone is 7. The van der Waals surface area contributed by atoms with Gasteiger partial charge in [-0.1, -0.05) is 44.2 Å². The van der Waals surface area contributed by atoms with E-state index < -0.39 is 11.7 Å². The normalized spacial score (nSPS) is 13.2. The molecule has 33 heavy (non-hydrogen) atoms. The number of H-pyrrole nitrogens is 1. The van der Waals surface area contributed by atoms with Crippen LogP contribution in [0.3, 0.4) is 0 Å². The molecule has 0 aromatic carbocycles. The van der Waals surface area contributed by atoms with E-state index in [1.807, 2.05) is 39.8 Å². The number of terminal acetylenes is 1. The van der Waals surface area contributed by atoms with Crippen molar-refractivity contribution >= 4 is 17.6 Å². The smallest absolute Gasteiger partial charge is 0.300 e. The van der Waals surface area contributed by atoms with Crippen LogP contribution in [-0.2, 0) is 4.79 Å². The van der Waals surface area contributed by atoms with Crippen molar-refractivity contribution in [3.63, 3.8) is 0 Å². The highest BCUT2D eigenvalue weighted by Gasteiger charge is 2.30. The molecular weight excluding hydrogens is 427 g/mol. The minimum Gasteiger partial charge on any atom is -0.300 e. The third-order valence-corrected chi connectivity index (χ3v) is 4.28. The first kappa shape index (κ1) is 32.0. The van der Waals surface area contributed by atoms with Crippen LogP contribution in [0.5, 0.6) is 0 Å². The van der Waals surface area contributed by atoms with Crippen molar-refractivity contribution < 1.29 is 18.0 Å². The standard InChI is InChI=1S/C14H20F3NO.C10H14N2.C2H2/c1-5-7-12(8-11(4)19)13(6-2)18-9-10(3)14(15,16)17;1-4-6-9(5-2)10-7-8(3)11-12-10;1-2/h6,9,12H,3,5,7-8H2,1-2,4H3;4-7H,1-3H3,(H,11,12);1-2H/b13-6-,18-9?;6-4-,9-5+;. The second kappa shape index (κ2) is 17.4. The van der Waals surface area contributed by atoms with E-state index in [1.54, 1.807) is 13.0 Å². The third kappa shape index (κ3) is 13.8. The summed E-state index contributed by atoms with van der Waals surface area (Å²) in [5.41, 5.74) is 2.76. The minimum absolute atomic E-state index is 0.00245. The van der Waals surface area contributed by atoms with Crippen molar-refractivity contribution in [1.82, 2.24) is 10.2 Å². The Morgan fingerprint density at radius 3 is 2.24 bits per heavy atom. The summed E-state index contributed by atoms with van der Waals surface area (Å²) in [6.07, 6.45) is 13.9. The van der Waals surface area contributed by atoms with Crippen molar-refractivity contribution in [2.45, 2.75) is 67.0 Å². The van der Waals surface area contributed by atoms with Crippen LogP contribution in [0, 0.1) is 25.7 Å². The van der Waals surface area contributed by atoms with Gasteiger partial charge in [-0.25, -0.2) is 0 Å². The van der Waals surface area contributed by atoms with Gasteiger partial charge in [0.2, 0.25) is 0 Å². The molecular formula is C26H36F3N3O. The van der Waals surface area contributed by atoms with Gasteiger partial charge in [-0.05, 0) is 52.7 Å². The minimum atomic E-state index is -4.47. The molecule has 0 spiro atoms. The number of nitrogens with one attached hydrogen (secondary N) is 1. The molecule has 0 aliphatic heterocycles. The van der Waals surface area contributed by atoms with Gasteiger partial charge in [-0.2, -0.15) is 18.3 Å². The van der Waals surface area contributed by atoms with E-state index in [0.29, 0.717) is 12.1 Å². The summed E-state index contributed by atoms with van der Waals surface area (Å²) in [6, 6.07) is 2.04. The fourth-order valence-electron chi connectivity index (χ4n) is 2.77. The molecule has 1 aromatic heterocycles. The van der Waals surface area contributed by atoms with E-state index in [0.717, 1.165) is 36.0 Å². The lowest BCUT2D eigenvalue weighted by molar-refractivity contribution is -0.117.